The smallest absolute Gasteiger partial charge is 0.290 e. The van der Waals surface area contributed by atoms with Gasteiger partial charge in [0.05, 0.1) is 24.4 Å². The molecule has 0 unspecified atom stereocenters. The van der Waals surface area contributed by atoms with Crippen molar-refractivity contribution in [3.8, 4) is 5.75 Å². The molecule has 0 N–H and O–H groups in total. The standard InChI is InChI=1S/C25H28N4O4/c1-15-18-9-8-17(32-3)13-21(18)33-22(15)25(31)29-12-6-7-20(29)23-26-14-19(16(2)27-23)24(30)28-10-4-5-11-28/h8-9,13-14,20H,4-7,10-12H2,1-3H3/t20-/m0/s1. The highest BCUT2D eigenvalue weighted by Crippen LogP contribution is 2.35. The van der Waals surface area contributed by atoms with E-state index in [1.807, 2.05) is 30.9 Å². The molecule has 172 valence electrons. The number of carbonyl (C=O) groups is 2. The van der Waals surface area contributed by atoms with Crippen molar-refractivity contribution in [1.29, 1.82) is 0 Å². The molecule has 2 saturated heterocycles. The van der Waals surface area contributed by atoms with Crippen molar-refractivity contribution in [3.05, 3.63) is 52.8 Å². The molecule has 33 heavy (non-hydrogen) atoms. The number of aromatic nitrogens is 2. The van der Waals surface area contributed by atoms with Crippen molar-refractivity contribution in [2.45, 2.75) is 45.6 Å². The summed E-state index contributed by atoms with van der Waals surface area (Å²) in [6, 6.07) is 5.32. The zero-order valence-corrected chi connectivity index (χ0v) is 19.3. The molecule has 0 saturated carbocycles. The zero-order chi connectivity index (χ0) is 23.1. The van der Waals surface area contributed by atoms with Crippen molar-refractivity contribution < 1.29 is 18.7 Å². The van der Waals surface area contributed by atoms with E-state index in [0.717, 1.165) is 49.7 Å². The Morgan fingerprint density at radius 1 is 1.09 bits per heavy atom. The molecule has 2 aromatic heterocycles. The van der Waals surface area contributed by atoms with Crippen molar-refractivity contribution in [2.24, 2.45) is 0 Å². The number of ether oxygens (including phenoxy) is 1. The second-order valence-corrected chi connectivity index (χ2v) is 8.80. The third kappa shape index (κ3) is 3.73. The highest BCUT2D eigenvalue weighted by Gasteiger charge is 2.35. The number of furan rings is 1. The molecule has 0 spiro atoms. The molecule has 2 aliphatic rings. The number of carbonyl (C=O) groups excluding carboxylic acids is 2. The number of nitrogens with zero attached hydrogens (tertiary/aromatic N) is 4. The van der Waals surface area contributed by atoms with Crippen molar-refractivity contribution in [3.63, 3.8) is 0 Å². The summed E-state index contributed by atoms with van der Waals surface area (Å²) in [5.74, 6) is 1.42. The first-order valence-electron chi connectivity index (χ1n) is 11.5. The van der Waals surface area contributed by atoms with Crippen molar-refractivity contribution in [1.82, 2.24) is 19.8 Å². The maximum Gasteiger partial charge on any atom is 0.290 e. The summed E-state index contributed by atoms with van der Waals surface area (Å²) in [5.41, 5.74) is 2.64. The lowest BCUT2D eigenvalue weighted by molar-refractivity contribution is 0.0697. The molecule has 8 nitrogen and oxygen atoms in total. The molecule has 0 bridgehead atoms. The van der Waals surface area contributed by atoms with Crippen LogP contribution >= 0.6 is 0 Å². The Kier molecular flexibility index (Phi) is 5.52. The predicted molar refractivity (Wildman–Crippen MR) is 122 cm³/mol. The highest BCUT2D eigenvalue weighted by atomic mass is 16.5. The monoisotopic (exact) mass is 448 g/mol. The van der Waals surface area contributed by atoms with Gasteiger partial charge < -0.3 is 19.0 Å². The van der Waals surface area contributed by atoms with E-state index >= 15 is 0 Å². The summed E-state index contributed by atoms with van der Waals surface area (Å²) >= 11 is 0. The Morgan fingerprint density at radius 3 is 2.61 bits per heavy atom. The molecule has 1 aromatic carbocycles. The lowest BCUT2D eigenvalue weighted by atomic mass is 10.1. The van der Waals surface area contributed by atoms with Gasteiger partial charge in [-0.15, -0.1) is 0 Å². The molecule has 2 amide bonds. The van der Waals surface area contributed by atoms with Crippen LogP contribution in [0.15, 0.2) is 28.8 Å². The zero-order valence-electron chi connectivity index (χ0n) is 19.3. The number of benzene rings is 1. The van der Waals surface area contributed by atoms with Gasteiger partial charge in [-0.2, -0.15) is 0 Å². The first-order valence-corrected chi connectivity index (χ1v) is 11.5. The number of methoxy groups -OCH3 is 1. The van der Waals surface area contributed by atoms with Crippen LogP contribution in [0.25, 0.3) is 11.0 Å². The van der Waals surface area contributed by atoms with E-state index in [1.54, 1.807) is 24.3 Å². The van der Waals surface area contributed by atoms with Gasteiger partial charge in [-0.1, -0.05) is 0 Å². The Balaban J connectivity index is 1.42. The van der Waals surface area contributed by atoms with Gasteiger partial charge in [0.15, 0.2) is 11.6 Å². The van der Waals surface area contributed by atoms with Gasteiger partial charge >= 0.3 is 0 Å². The van der Waals surface area contributed by atoms with Crippen molar-refractivity contribution in [2.75, 3.05) is 26.7 Å². The van der Waals surface area contributed by atoms with E-state index in [0.29, 0.717) is 40.7 Å². The minimum Gasteiger partial charge on any atom is -0.497 e. The fourth-order valence-corrected chi connectivity index (χ4v) is 4.89. The van der Waals surface area contributed by atoms with Gasteiger partial charge in [0.2, 0.25) is 0 Å². The molecule has 0 radical (unpaired) electrons. The minimum absolute atomic E-state index is 0.00997. The Hall–Kier alpha value is -3.42. The maximum atomic E-state index is 13.5. The molecule has 3 aromatic rings. The predicted octanol–water partition coefficient (Wildman–Crippen LogP) is 4.06. The van der Waals surface area contributed by atoms with Gasteiger partial charge in [0, 0.05) is 42.8 Å². The summed E-state index contributed by atoms with van der Waals surface area (Å²) in [7, 11) is 1.60. The first kappa shape index (κ1) is 21.4. The van der Waals surface area contributed by atoms with Crippen molar-refractivity contribution >= 4 is 22.8 Å². The number of amides is 2. The number of likely N-dealkylation sites (tertiary alicyclic amines) is 2. The van der Waals surface area contributed by atoms with Crippen LogP contribution in [0.1, 0.15) is 69.7 Å². The average molecular weight is 449 g/mol. The van der Waals surface area contributed by atoms with Gasteiger partial charge in [0.25, 0.3) is 11.8 Å². The molecule has 4 heterocycles. The lowest BCUT2D eigenvalue weighted by Gasteiger charge is -2.23. The summed E-state index contributed by atoms with van der Waals surface area (Å²) in [6.45, 7) is 5.92. The lowest BCUT2D eigenvalue weighted by Crippen LogP contribution is -2.32. The fourth-order valence-electron chi connectivity index (χ4n) is 4.89. The average Bonchev–Trinajstić information content (AvgIpc) is 3.58. The molecular formula is C25H28N4O4. The van der Waals surface area contributed by atoms with Gasteiger partial charge in [0.1, 0.15) is 11.3 Å². The molecule has 2 fully saturated rings. The third-order valence-corrected chi connectivity index (χ3v) is 6.77. The summed E-state index contributed by atoms with van der Waals surface area (Å²) in [5, 5.41) is 0.895. The van der Waals surface area contributed by atoms with E-state index in [2.05, 4.69) is 9.97 Å². The van der Waals surface area contributed by atoms with Crippen LogP contribution in [-0.4, -0.2) is 58.3 Å². The maximum absolute atomic E-state index is 13.5. The number of rotatable bonds is 4. The van der Waals surface area contributed by atoms with Crippen LogP contribution in [0.5, 0.6) is 5.75 Å². The van der Waals surface area contributed by atoms with Gasteiger partial charge in [-0.3, -0.25) is 9.59 Å². The van der Waals surface area contributed by atoms with Crippen LogP contribution in [0.3, 0.4) is 0 Å². The molecule has 0 aliphatic carbocycles. The van der Waals surface area contributed by atoms with Crippen LogP contribution in [0.2, 0.25) is 0 Å². The third-order valence-electron chi connectivity index (χ3n) is 6.77. The van der Waals surface area contributed by atoms with E-state index in [-0.39, 0.29) is 17.9 Å². The molecule has 1 atom stereocenters. The minimum atomic E-state index is -0.241. The second-order valence-electron chi connectivity index (χ2n) is 8.80. The topological polar surface area (TPSA) is 88.8 Å². The van der Waals surface area contributed by atoms with E-state index in [4.69, 9.17) is 9.15 Å². The summed E-state index contributed by atoms with van der Waals surface area (Å²) in [4.78, 5) is 39.1. The van der Waals surface area contributed by atoms with Gasteiger partial charge in [-0.25, -0.2) is 9.97 Å². The Bertz CT molecular complexity index is 1230. The van der Waals surface area contributed by atoms with E-state index < -0.39 is 0 Å². The van der Waals surface area contributed by atoms with Crippen LogP contribution in [-0.2, 0) is 0 Å². The van der Waals surface area contributed by atoms with E-state index in [1.165, 1.54) is 0 Å². The Labute approximate surface area is 192 Å². The normalized spacial score (nSPS) is 18.3. The van der Waals surface area contributed by atoms with Crippen LogP contribution in [0, 0.1) is 13.8 Å². The summed E-state index contributed by atoms with van der Waals surface area (Å²) in [6.07, 6.45) is 5.34. The number of hydrogen-bond acceptors (Lipinski definition) is 6. The number of hydrogen-bond donors (Lipinski definition) is 0. The highest BCUT2D eigenvalue weighted by molar-refractivity contribution is 5.99. The number of aryl methyl sites for hydroxylation is 2. The fraction of sp³-hybridized carbons (Fsp3) is 0.440. The first-order chi connectivity index (χ1) is 16.0. The van der Waals surface area contributed by atoms with E-state index in [9.17, 15) is 9.59 Å². The quantitative estimate of drug-likeness (QED) is 0.598. The SMILES string of the molecule is COc1ccc2c(C)c(C(=O)N3CCC[C@H]3c3ncc(C(=O)N4CCCC4)c(C)n3)oc2c1. The second kappa shape index (κ2) is 8.50. The summed E-state index contributed by atoms with van der Waals surface area (Å²) < 4.78 is 11.2. The molecule has 5 rings (SSSR count). The molecule has 2 aliphatic heterocycles. The van der Waals surface area contributed by atoms with Crippen LogP contribution < -0.4 is 4.74 Å². The number of fused-ring (bicyclic) bond motifs is 1. The van der Waals surface area contributed by atoms with Gasteiger partial charge in [-0.05, 0) is 51.7 Å². The largest absolute Gasteiger partial charge is 0.497 e. The Morgan fingerprint density at radius 2 is 1.88 bits per heavy atom. The molecule has 8 heteroatoms. The molecular weight excluding hydrogens is 420 g/mol. The van der Waals surface area contributed by atoms with Crippen LogP contribution in [0.4, 0.5) is 0 Å².